The summed E-state index contributed by atoms with van der Waals surface area (Å²) in [6.07, 6.45) is 5.17. The van der Waals surface area contributed by atoms with Gasteiger partial charge in [-0.3, -0.25) is 14.7 Å². The van der Waals surface area contributed by atoms with Crippen LogP contribution in [-0.2, 0) is 11.3 Å². The molecular weight excluding hydrogens is 338 g/mol. The summed E-state index contributed by atoms with van der Waals surface area (Å²) in [4.78, 5) is 17.7. The van der Waals surface area contributed by atoms with E-state index in [0.29, 0.717) is 6.54 Å². The molecule has 0 radical (unpaired) electrons. The zero-order valence-corrected chi connectivity index (χ0v) is 16.0. The number of pyridine rings is 1. The lowest BCUT2D eigenvalue weighted by atomic mass is 10.1. The molecule has 1 atom stereocenters. The summed E-state index contributed by atoms with van der Waals surface area (Å²) in [6.45, 7) is 7.02. The van der Waals surface area contributed by atoms with E-state index in [4.69, 9.17) is 4.74 Å². The average Bonchev–Trinajstić information content (AvgIpc) is 3.07. The molecule has 1 fully saturated rings. The summed E-state index contributed by atoms with van der Waals surface area (Å²) in [5, 5.41) is 2.76. The van der Waals surface area contributed by atoms with Gasteiger partial charge in [0.05, 0.1) is 12.2 Å². The molecule has 1 aromatic heterocycles. The summed E-state index contributed by atoms with van der Waals surface area (Å²) >= 11 is 0. The van der Waals surface area contributed by atoms with Crippen molar-refractivity contribution in [1.29, 1.82) is 0 Å². The van der Waals surface area contributed by atoms with Crippen molar-refractivity contribution in [3.05, 3.63) is 65.5 Å². The fourth-order valence-electron chi connectivity index (χ4n) is 3.30. The third-order valence-electron chi connectivity index (χ3n) is 4.52. The van der Waals surface area contributed by atoms with Crippen LogP contribution in [-0.4, -0.2) is 41.5 Å². The van der Waals surface area contributed by atoms with E-state index in [1.54, 1.807) is 6.20 Å². The van der Waals surface area contributed by atoms with Crippen molar-refractivity contribution in [2.75, 3.05) is 19.6 Å². The molecule has 27 heavy (non-hydrogen) atoms. The van der Waals surface area contributed by atoms with Gasteiger partial charge in [0.15, 0.2) is 0 Å². The number of amides is 1. The molecule has 142 valence electrons. The number of aromatic nitrogens is 1. The Balaban J connectivity index is 1.50. The van der Waals surface area contributed by atoms with E-state index < -0.39 is 0 Å². The Kier molecular flexibility index (Phi) is 6.60. The molecule has 1 N–H and O–H groups in total. The molecule has 3 rings (SSSR count). The molecule has 1 aliphatic heterocycles. The molecule has 0 spiro atoms. The number of rotatable bonds is 7. The van der Waals surface area contributed by atoms with Gasteiger partial charge in [-0.2, -0.15) is 0 Å². The lowest BCUT2D eigenvalue weighted by Crippen LogP contribution is -2.26. The second-order valence-electron chi connectivity index (χ2n) is 7.06. The number of ether oxygens (including phenoxy) is 1. The van der Waals surface area contributed by atoms with Gasteiger partial charge in [0.25, 0.3) is 0 Å². The number of benzene rings is 1. The highest BCUT2D eigenvalue weighted by atomic mass is 16.5. The smallest absolute Gasteiger partial charge is 0.217 e. The van der Waals surface area contributed by atoms with Crippen LogP contribution in [0, 0.1) is 0 Å². The number of nitrogens with zero attached hydrogens (tertiary/aromatic N) is 2. The maximum atomic E-state index is 11.0. The van der Waals surface area contributed by atoms with Gasteiger partial charge in [0, 0.05) is 38.8 Å². The van der Waals surface area contributed by atoms with Gasteiger partial charge >= 0.3 is 0 Å². The fourth-order valence-corrected chi connectivity index (χ4v) is 3.30. The Bertz CT molecular complexity index is 789. The van der Waals surface area contributed by atoms with E-state index >= 15 is 0 Å². The summed E-state index contributed by atoms with van der Waals surface area (Å²) in [6, 6.07) is 14.2. The Hall–Kier alpha value is -2.66. The van der Waals surface area contributed by atoms with E-state index in [0.717, 1.165) is 37.5 Å². The van der Waals surface area contributed by atoms with Gasteiger partial charge in [-0.05, 0) is 25.0 Å². The zero-order chi connectivity index (χ0) is 19.1. The van der Waals surface area contributed by atoms with Crippen LogP contribution in [0.4, 0.5) is 0 Å². The van der Waals surface area contributed by atoms with Crippen molar-refractivity contribution in [1.82, 2.24) is 15.2 Å². The van der Waals surface area contributed by atoms with Crippen LogP contribution in [0.2, 0.25) is 0 Å². The van der Waals surface area contributed by atoms with Gasteiger partial charge in [-0.1, -0.05) is 42.0 Å². The Labute approximate surface area is 161 Å². The van der Waals surface area contributed by atoms with Crippen LogP contribution in [0.1, 0.15) is 31.5 Å². The molecule has 2 heterocycles. The first-order chi connectivity index (χ1) is 13.1. The first-order valence-electron chi connectivity index (χ1n) is 9.39. The fraction of sp³-hybridized carbons (Fsp3) is 0.364. The van der Waals surface area contributed by atoms with E-state index in [9.17, 15) is 4.79 Å². The molecule has 0 saturated carbocycles. The van der Waals surface area contributed by atoms with Crippen molar-refractivity contribution in [3.63, 3.8) is 0 Å². The molecule has 5 heteroatoms. The van der Waals surface area contributed by atoms with E-state index in [1.165, 1.54) is 18.1 Å². The van der Waals surface area contributed by atoms with Gasteiger partial charge < -0.3 is 10.1 Å². The number of carbonyl (C=O) groups is 1. The van der Waals surface area contributed by atoms with Gasteiger partial charge in [-0.25, -0.2) is 0 Å². The zero-order valence-electron chi connectivity index (χ0n) is 16.0. The summed E-state index contributed by atoms with van der Waals surface area (Å²) < 4.78 is 6.14. The normalized spacial score (nSPS) is 17.7. The van der Waals surface area contributed by atoms with Crippen LogP contribution in [0.15, 0.2) is 54.2 Å². The highest BCUT2D eigenvalue weighted by Gasteiger charge is 2.24. The molecular formula is C22H27N3O2. The van der Waals surface area contributed by atoms with Gasteiger partial charge in [0.1, 0.15) is 11.9 Å². The molecule has 1 amide bonds. The topological polar surface area (TPSA) is 54.5 Å². The summed E-state index contributed by atoms with van der Waals surface area (Å²) in [5.74, 6) is 0.752. The standard InChI is InChI=1S/C22H27N3O2/c1-17(12-19-6-4-3-5-7-19)15-25-11-9-22(16-25)27-21-8-10-23-20(13-21)14-24-18(2)26/h3-8,10,12-13,22H,9,11,14-16H2,1-2H3,(H,24,26)/b17-12+. The quantitative estimate of drug-likeness (QED) is 0.818. The maximum Gasteiger partial charge on any atom is 0.217 e. The van der Waals surface area contributed by atoms with E-state index in [1.807, 2.05) is 18.2 Å². The highest BCUT2D eigenvalue weighted by Crippen LogP contribution is 2.20. The van der Waals surface area contributed by atoms with Crippen LogP contribution in [0.25, 0.3) is 6.08 Å². The van der Waals surface area contributed by atoms with Gasteiger partial charge in [0.2, 0.25) is 5.91 Å². The van der Waals surface area contributed by atoms with Crippen molar-refractivity contribution < 1.29 is 9.53 Å². The minimum atomic E-state index is -0.0616. The number of hydrogen-bond donors (Lipinski definition) is 1. The molecule has 1 unspecified atom stereocenters. The predicted molar refractivity (Wildman–Crippen MR) is 107 cm³/mol. The van der Waals surface area contributed by atoms with Crippen molar-refractivity contribution in [2.24, 2.45) is 0 Å². The number of hydrogen-bond acceptors (Lipinski definition) is 4. The van der Waals surface area contributed by atoms with Crippen molar-refractivity contribution >= 4 is 12.0 Å². The van der Waals surface area contributed by atoms with E-state index in [-0.39, 0.29) is 12.0 Å². The van der Waals surface area contributed by atoms with E-state index in [2.05, 4.69) is 52.5 Å². The minimum Gasteiger partial charge on any atom is -0.489 e. The number of carbonyl (C=O) groups excluding carboxylic acids is 1. The third kappa shape index (κ3) is 6.22. The molecule has 5 nitrogen and oxygen atoms in total. The predicted octanol–water partition coefficient (Wildman–Crippen LogP) is 3.27. The Morgan fingerprint density at radius 1 is 1.30 bits per heavy atom. The van der Waals surface area contributed by atoms with Crippen LogP contribution in [0.3, 0.4) is 0 Å². The SMILES string of the molecule is CC(=O)NCc1cc(OC2CCN(C/C(C)=C/c3ccccc3)C2)ccn1. The molecule has 0 bridgehead atoms. The molecule has 2 aromatic rings. The Morgan fingerprint density at radius 2 is 2.11 bits per heavy atom. The first kappa shape index (κ1) is 19.1. The summed E-state index contributed by atoms with van der Waals surface area (Å²) in [7, 11) is 0. The van der Waals surface area contributed by atoms with Crippen LogP contribution >= 0.6 is 0 Å². The molecule has 1 aromatic carbocycles. The molecule has 1 saturated heterocycles. The second kappa shape index (κ2) is 9.33. The highest BCUT2D eigenvalue weighted by molar-refractivity contribution is 5.72. The average molecular weight is 365 g/mol. The van der Waals surface area contributed by atoms with Crippen molar-refractivity contribution in [3.8, 4) is 5.75 Å². The minimum absolute atomic E-state index is 0.0616. The molecule has 0 aliphatic carbocycles. The second-order valence-corrected chi connectivity index (χ2v) is 7.06. The van der Waals surface area contributed by atoms with Crippen LogP contribution < -0.4 is 10.1 Å². The lowest BCUT2D eigenvalue weighted by Gasteiger charge is -2.17. The third-order valence-corrected chi connectivity index (χ3v) is 4.52. The number of nitrogens with one attached hydrogen (secondary N) is 1. The van der Waals surface area contributed by atoms with Gasteiger partial charge in [-0.15, -0.1) is 0 Å². The largest absolute Gasteiger partial charge is 0.489 e. The van der Waals surface area contributed by atoms with Crippen molar-refractivity contribution in [2.45, 2.75) is 32.9 Å². The monoisotopic (exact) mass is 365 g/mol. The van der Waals surface area contributed by atoms with Crippen LogP contribution in [0.5, 0.6) is 5.75 Å². The molecule has 1 aliphatic rings. The lowest BCUT2D eigenvalue weighted by molar-refractivity contribution is -0.119. The number of likely N-dealkylation sites (tertiary alicyclic amines) is 1. The summed E-state index contributed by atoms with van der Waals surface area (Å²) in [5.41, 5.74) is 3.40. The maximum absolute atomic E-state index is 11.0. The first-order valence-corrected chi connectivity index (χ1v) is 9.39. The Morgan fingerprint density at radius 3 is 2.89 bits per heavy atom.